The van der Waals surface area contributed by atoms with Crippen LogP contribution in [0.1, 0.15) is 5.56 Å². The van der Waals surface area contributed by atoms with E-state index in [1.54, 1.807) is 12.3 Å². The number of nitro groups is 1. The summed E-state index contributed by atoms with van der Waals surface area (Å²) in [6.07, 6.45) is 4.33. The third kappa shape index (κ3) is 2.46. The van der Waals surface area contributed by atoms with Crippen LogP contribution in [0.3, 0.4) is 0 Å². The number of furan rings is 1. The normalized spacial score (nSPS) is 10.7. The number of nitrogens with zero attached hydrogens (tertiary/aromatic N) is 2. The standard InChI is InChI=1S/C13H10N4O4/c18-13-9-3-12(17(19)20)11(4-10(9)15-7-16-13)14-5-8-1-2-21-6-8/h1-4,6-7,14H,5H2,(H,15,16,18). The number of hydrogen-bond donors (Lipinski definition) is 2. The minimum atomic E-state index is -0.538. The maximum absolute atomic E-state index is 11.7. The zero-order valence-electron chi connectivity index (χ0n) is 10.7. The van der Waals surface area contributed by atoms with Gasteiger partial charge in [-0.2, -0.15) is 0 Å². The Balaban J connectivity index is 2.05. The van der Waals surface area contributed by atoms with E-state index in [2.05, 4.69) is 15.3 Å². The molecule has 0 radical (unpaired) electrons. The van der Waals surface area contributed by atoms with Gasteiger partial charge in [0.25, 0.3) is 11.2 Å². The van der Waals surface area contributed by atoms with Crippen LogP contribution in [0.5, 0.6) is 0 Å². The Labute approximate surface area is 117 Å². The molecule has 3 rings (SSSR count). The second kappa shape index (κ2) is 5.08. The molecule has 8 heteroatoms. The second-order valence-corrected chi connectivity index (χ2v) is 4.36. The Kier molecular flexibility index (Phi) is 3.11. The molecule has 0 saturated carbocycles. The summed E-state index contributed by atoms with van der Waals surface area (Å²) in [7, 11) is 0. The zero-order valence-corrected chi connectivity index (χ0v) is 10.7. The van der Waals surface area contributed by atoms with E-state index in [9.17, 15) is 14.9 Å². The van der Waals surface area contributed by atoms with E-state index < -0.39 is 10.5 Å². The average molecular weight is 286 g/mol. The molecule has 0 amide bonds. The van der Waals surface area contributed by atoms with E-state index in [0.29, 0.717) is 17.7 Å². The number of H-pyrrole nitrogens is 1. The van der Waals surface area contributed by atoms with Crippen molar-refractivity contribution >= 4 is 22.3 Å². The summed E-state index contributed by atoms with van der Waals surface area (Å²) >= 11 is 0. The van der Waals surface area contributed by atoms with Crippen molar-refractivity contribution in [3.63, 3.8) is 0 Å². The lowest BCUT2D eigenvalue weighted by atomic mass is 10.2. The average Bonchev–Trinajstić information content (AvgIpc) is 2.97. The summed E-state index contributed by atoms with van der Waals surface area (Å²) in [6, 6.07) is 4.46. The summed E-state index contributed by atoms with van der Waals surface area (Å²) in [4.78, 5) is 28.7. The third-order valence-electron chi connectivity index (χ3n) is 3.02. The van der Waals surface area contributed by atoms with Gasteiger partial charge in [-0.05, 0) is 12.1 Å². The van der Waals surface area contributed by atoms with Crippen LogP contribution in [0.4, 0.5) is 11.4 Å². The maximum Gasteiger partial charge on any atom is 0.293 e. The number of anilines is 1. The molecule has 0 spiro atoms. The Bertz CT molecular complexity index is 854. The molecule has 1 aromatic carbocycles. The van der Waals surface area contributed by atoms with Crippen molar-refractivity contribution in [3.05, 3.63) is 63.1 Å². The molecule has 0 unspecified atom stereocenters. The lowest BCUT2D eigenvalue weighted by molar-refractivity contribution is -0.383. The van der Waals surface area contributed by atoms with Gasteiger partial charge >= 0.3 is 0 Å². The summed E-state index contributed by atoms with van der Waals surface area (Å²) in [5, 5.41) is 14.3. The van der Waals surface area contributed by atoms with Gasteiger partial charge in [-0.3, -0.25) is 14.9 Å². The van der Waals surface area contributed by atoms with Crippen molar-refractivity contribution < 1.29 is 9.34 Å². The first-order valence-electron chi connectivity index (χ1n) is 6.06. The molecule has 0 saturated heterocycles. The number of aromatic nitrogens is 2. The van der Waals surface area contributed by atoms with E-state index in [1.807, 2.05) is 0 Å². The molecule has 0 atom stereocenters. The summed E-state index contributed by atoms with van der Waals surface area (Å²) in [5.41, 5.74) is 0.947. The number of benzene rings is 1. The molecule has 0 fully saturated rings. The predicted molar refractivity (Wildman–Crippen MR) is 75.1 cm³/mol. The first-order chi connectivity index (χ1) is 10.1. The van der Waals surface area contributed by atoms with Gasteiger partial charge < -0.3 is 14.7 Å². The second-order valence-electron chi connectivity index (χ2n) is 4.36. The monoisotopic (exact) mass is 286 g/mol. The Morgan fingerprint density at radius 3 is 3.00 bits per heavy atom. The van der Waals surface area contributed by atoms with E-state index in [0.717, 1.165) is 5.56 Å². The van der Waals surface area contributed by atoms with Crippen molar-refractivity contribution in [1.29, 1.82) is 0 Å². The van der Waals surface area contributed by atoms with Crippen LogP contribution in [0.25, 0.3) is 10.9 Å². The number of nitrogens with one attached hydrogen (secondary N) is 2. The molecule has 0 aliphatic heterocycles. The molecular weight excluding hydrogens is 276 g/mol. The third-order valence-corrected chi connectivity index (χ3v) is 3.02. The highest BCUT2D eigenvalue weighted by Gasteiger charge is 2.17. The topological polar surface area (TPSA) is 114 Å². The Hall–Kier alpha value is -3.16. The molecule has 0 bridgehead atoms. The lowest BCUT2D eigenvalue weighted by Gasteiger charge is -2.07. The van der Waals surface area contributed by atoms with E-state index >= 15 is 0 Å². The van der Waals surface area contributed by atoms with Crippen molar-refractivity contribution in [3.8, 4) is 0 Å². The van der Waals surface area contributed by atoms with Gasteiger partial charge in [0.1, 0.15) is 5.69 Å². The van der Waals surface area contributed by atoms with Crippen molar-refractivity contribution in [2.75, 3.05) is 5.32 Å². The van der Waals surface area contributed by atoms with Crippen molar-refractivity contribution in [1.82, 2.24) is 9.97 Å². The first-order valence-corrected chi connectivity index (χ1v) is 6.06. The number of hydrogen-bond acceptors (Lipinski definition) is 6. The maximum atomic E-state index is 11.7. The van der Waals surface area contributed by atoms with Crippen LogP contribution >= 0.6 is 0 Å². The highest BCUT2D eigenvalue weighted by molar-refractivity contribution is 5.86. The summed E-state index contributed by atoms with van der Waals surface area (Å²) < 4.78 is 4.93. The number of nitro benzene ring substituents is 1. The molecule has 8 nitrogen and oxygen atoms in total. The first kappa shape index (κ1) is 12.9. The Morgan fingerprint density at radius 2 is 2.29 bits per heavy atom. The molecular formula is C13H10N4O4. The van der Waals surface area contributed by atoms with Gasteiger partial charge in [0.2, 0.25) is 0 Å². The van der Waals surface area contributed by atoms with Crippen LogP contribution in [-0.2, 0) is 6.54 Å². The summed E-state index contributed by atoms with van der Waals surface area (Å²) in [5.74, 6) is 0. The minimum absolute atomic E-state index is 0.176. The minimum Gasteiger partial charge on any atom is -0.472 e. The highest BCUT2D eigenvalue weighted by atomic mass is 16.6. The van der Waals surface area contributed by atoms with Gasteiger partial charge in [-0.15, -0.1) is 0 Å². The smallest absolute Gasteiger partial charge is 0.293 e. The SMILES string of the molecule is O=c1[nH]cnc2cc(NCc3ccoc3)c([N+](=O)[O-])cc12. The molecule has 2 N–H and O–H groups in total. The molecule has 21 heavy (non-hydrogen) atoms. The quantitative estimate of drug-likeness (QED) is 0.560. The summed E-state index contributed by atoms with van der Waals surface area (Å²) in [6.45, 7) is 0.367. The molecule has 106 valence electrons. The van der Waals surface area contributed by atoms with Gasteiger partial charge in [-0.1, -0.05) is 0 Å². The van der Waals surface area contributed by atoms with Crippen molar-refractivity contribution in [2.45, 2.75) is 6.54 Å². The number of rotatable bonds is 4. The molecule has 0 aliphatic rings. The van der Waals surface area contributed by atoms with E-state index in [4.69, 9.17) is 4.42 Å². The zero-order chi connectivity index (χ0) is 14.8. The molecule has 3 aromatic rings. The fourth-order valence-corrected chi connectivity index (χ4v) is 1.99. The van der Waals surface area contributed by atoms with Crippen LogP contribution in [0, 0.1) is 10.1 Å². The van der Waals surface area contributed by atoms with E-state index in [-0.39, 0.29) is 11.1 Å². The van der Waals surface area contributed by atoms with Crippen LogP contribution in [-0.4, -0.2) is 14.9 Å². The largest absolute Gasteiger partial charge is 0.472 e. The highest BCUT2D eigenvalue weighted by Crippen LogP contribution is 2.28. The van der Waals surface area contributed by atoms with Crippen molar-refractivity contribution in [2.24, 2.45) is 0 Å². The van der Waals surface area contributed by atoms with Gasteiger partial charge in [0, 0.05) is 18.2 Å². The lowest BCUT2D eigenvalue weighted by Crippen LogP contribution is -2.08. The molecule has 2 aromatic heterocycles. The van der Waals surface area contributed by atoms with Crippen LogP contribution in [0.15, 0.2) is 46.3 Å². The van der Waals surface area contributed by atoms with Gasteiger partial charge in [0.05, 0.1) is 34.7 Å². The predicted octanol–water partition coefficient (Wildman–Crippen LogP) is 2.04. The number of fused-ring (bicyclic) bond motifs is 1. The fraction of sp³-hybridized carbons (Fsp3) is 0.0769. The van der Waals surface area contributed by atoms with Crippen LogP contribution < -0.4 is 10.9 Å². The number of aromatic amines is 1. The molecule has 2 heterocycles. The van der Waals surface area contributed by atoms with Gasteiger partial charge in [0.15, 0.2) is 0 Å². The van der Waals surface area contributed by atoms with Gasteiger partial charge in [-0.25, -0.2) is 4.98 Å². The Morgan fingerprint density at radius 1 is 1.43 bits per heavy atom. The molecule has 0 aliphatic carbocycles. The van der Waals surface area contributed by atoms with E-state index in [1.165, 1.54) is 24.7 Å². The van der Waals surface area contributed by atoms with Crippen LogP contribution in [0.2, 0.25) is 0 Å². The fourth-order valence-electron chi connectivity index (χ4n) is 1.99.